The number of piperazine rings is 1. The molecule has 1 fully saturated rings. The van der Waals surface area contributed by atoms with Gasteiger partial charge < -0.3 is 4.90 Å². The number of rotatable bonds is 3. The Hall–Kier alpha value is -2.06. The second kappa shape index (κ2) is 6.21. The number of benzene rings is 1. The molecule has 8 heteroatoms. The number of sulfonamides is 1. The molecule has 122 valence electrons. The van der Waals surface area contributed by atoms with Gasteiger partial charge in [0.1, 0.15) is 16.5 Å². The van der Waals surface area contributed by atoms with Gasteiger partial charge in [-0.3, -0.25) is 4.98 Å². The lowest BCUT2D eigenvalue weighted by Gasteiger charge is -2.34. The van der Waals surface area contributed by atoms with Gasteiger partial charge in [-0.05, 0) is 24.6 Å². The lowest BCUT2D eigenvalue weighted by molar-refractivity contribution is 0.381. The molecule has 1 aliphatic heterocycles. The topological polar surface area (TPSA) is 66.4 Å². The molecular formula is C15H17FN4O2S. The Kier molecular flexibility index (Phi) is 4.27. The molecule has 0 atom stereocenters. The summed E-state index contributed by atoms with van der Waals surface area (Å²) < 4.78 is 40.5. The van der Waals surface area contributed by atoms with Crippen molar-refractivity contribution < 1.29 is 12.8 Å². The van der Waals surface area contributed by atoms with Gasteiger partial charge in [0.25, 0.3) is 0 Å². The minimum atomic E-state index is -3.83. The Morgan fingerprint density at radius 3 is 2.52 bits per heavy atom. The van der Waals surface area contributed by atoms with E-state index in [9.17, 15) is 12.8 Å². The van der Waals surface area contributed by atoms with Gasteiger partial charge in [0, 0.05) is 38.6 Å². The highest BCUT2D eigenvalue weighted by Gasteiger charge is 2.31. The van der Waals surface area contributed by atoms with Crippen LogP contribution in [-0.2, 0) is 10.0 Å². The highest BCUT2D eigenvalue weighted by Crippen LogP contribution is 2.22. The van der Waals surface area contributed by atoms with Gasteiger partial charge >= 0.3 is 0 Å². The van der Waals surface area contributed by atoms with E-state index in [4.69, 9.17) is 0 Å². The zero-order chi connectivity index (χ0) is 16.4. The van der Waals surface area contributed by atoms with E-state index in [1.54, 1.807) is 31.6 Å². The maximum atomic E-state index is 13.9. The summed E-state index contributed by atoms with van der Waals surface area (Å²) in [5.41, 5.74) is 0.711. The van der Waals surface area contributed by atoms with Crippen molar-refractivity contribution in [3.05, 3.63) is 48.2 Å². The first-order valence-corrected chi connectivity index (χ1v) is 8.70. The average Bonchev–Trinajstić information content (AvgIpc) is 2.58. The standard InChI is InChI=1S/C15H17FN4O2S/c1-12-2-3-13(16)14(10-12)23(21,22)20-8-6-19(7-9-20)15-11-17-4-5-18-15/h2-5,10-11H,6-9H2,1H3. The van der Waals surface area contributed by atoms with E-state index in [-0.39, 0.29) is 18.0 Å². The number of hydrogen-bond acceptors (Lipinski definition) is 5. The highest BCUT2D eigenvalue weighted by molar-refractivity contribution is 7.89. The molecule has 0 radical (unpaired) electrons. The van der Waals surface area contributed by atoms with Crippen LogP contribution in [0, 0.1) is 12.7 Å². The molecular weight excluding hydrogens is 319 g/mol. The zero-order valence-electron chi connectivity index (χ0n) is 12.7. The first-order valence-electron chi connectivity index (χ1n) is 7.26. The van der Waals surface area contributed by atoms with Gasteiger partial charge in [-0.2, -0.15) is 4.31 Å². The Labute approximate surface area is 134 Å². The normalized spacial score (nSPS) is 16.5. The third-order valence-electron chi connectivity index (χ3n) is 3.82. The van der Waals surface area contributed by atoms with Crippen LogP contribution in [0.4, 0.5) is 10.2 Å². The largest absolute Gasteiger partial charge is 0.353 e. The Balaban J connectivity index is 1.78. The highest BCUT2D eigenvalue weighted by atomic mass is 32.2. The van der Waals surface area contributed by atoms with Crippen LogP contribution < -0.4 is 4.90 Å². The fourth-order valence-corrected chi connectivity index (χ4v) is 4.13. The molecule has 23 heavy (non-hydrogen) atoms. The lowest BCUT2D eigenvalue weighted by Crippen LogP contribution is -2.49. The van der Waals surface area contributed by atoms with Crippen LogP contribution in [-0.4, -0.2) is 48.9 Å². The van der Waals surface area contributed by atoms with E-state index < -0.39 is 15.8 Å². The number of aromatic nitrogens is 2. The number of nitrogens with zero attached hydrogens (tertiary/aromatic N) is 4. The van der Waals surface area contributed by atoms with Crippen LogP contribution in [0.15, 0.2) is 41.7 Å². The van der Waals surface area contributed by atoms with Gasteiger partial charge in [-0.15, -0.1) is 0 Å². The summed E-state index contributed by atoms with van der Waals surface area (Å²) in [6.07, 6.45) is 4.83. The summed E-state index contributed by atoms with van der Waals surface area (Å²) >= 11 is 0. The van der Waals surface area contributed by atoms with Crippen molar-refractivity contribution in [3.8, 4) is 0 Å². The monoisotopic (exact) mass is 336 g/mol. The van der Waals surface area contributed by atoms with Crippen LogP contribution in [0.2, 0.25) is 0 Å². The predicted octanol–water partition coefficient (Wildman–Crippen LogP) is 1.44. The average molecular weight is 336 g/mol. The second-order valence-corrected chi connectivity index (χ2v) is 7.29. The second-order valence-electron chi connectivity index (χ2n) is 5.39. The van der Waals surface area contributed by atoms with Crippen LogP contribution in [0.3, 0.4) is 0 Å². The molecule has 1 aliphatic rings. The number of halogens is 1. The maximum Gasteiger partial charge on any atom is 0.246 e. The molecule has 0 bridgehead atoms. The minimum absolute atomic E-state index is 0.259. The van der Waals surface area contributed by atoms with Crippen molar-refractivity contribution in [2.24, 2.45) is 0 Å². The van der Waals surface area contributed by atoms with Crippen LogP contribution in [0.5, 0.6) is 0 Å². The number of aryl methyl sites for hydroxylation is 1. The Morgan fingerprint density at radius 1 is 1.13 bits per heavy atom. The van der Waals surface area contributed by atoms with Crippen molar-refractivity contribution in [1.82, 2.24) is 14.3 Å². The van der Waals surface area contributed by atoms with Crippen molar-refractivity contribution in [2.45, 2.75) is 11.8 Å². The van der Waals surface area contributed by atoms with E-state index in [1.165, 1.54) is 16.4 Å². The zero-order valence-corrected chi connectivity index (χ0v) is 13.5. The molecule has 1 saturated heterocycles. The Morgan fingerprint density at radius 2 is 1.87 bits per heavy atom. The molecule has 1 aromatic heterocycles. The van der Waals surface area contributed by atoms with Crippen LogP contribution in [0.1, 0.15) is 5.56 Å². The number of anilines is 1. The molecule has 0 unspecified atom stereocenters. The van der Waals surface area contributed by atoms with Gasteiger partial charge in [-0.25, -0.2) is 17.8 Å². The van der Waals surface area contributed by atoms with Gasteiger partial charge in [-0.1, -0.05) is 6.07 Å². The molecule has 0 aliphatic carbocycles. The quantitative estimate of drug-likeness (QED) is 0.848. The predicted molar refractivity (Wildman–Crippen MR) is 84.1 cm³/mol. The van der Waals surface area contributed by atoms with E-state index in [0.29, 0.717) is 24.5 Å². The first-order chi connectivity index (χ1) is 11.0. The fourth-order valence-electron chi connectivity index (χ4n) is 2.56. The fraction of sp³-hybridized carbons (Fsp3) is 0.333. The molecule has 2 heterocycles. The molecule has 1 aromatic carbocycles. The SMILES string of the molecule is Cc1ccc(F)c(S(=O)(=O)N2CCN(c3cnccn3)CC2)c1. The molecule has 0 amide bonds. The van der Waals surface area contributed by atoms with Crippen molar-refractivity contribution in [2.75, 3.05) is 31.1 Å². The molecule has 2 aromatic rings. The van der Waals surface area contributed by atoms with Gasteiger partial charge in [0.2, 0.25) is 10.0 Å². The van der Waals surface area contributed by atoms with Crippen molar-refractivity contribution in [3.63, 3.8) is 0 Å². The van der Waals surface area contributed by atoms with Crippen molar-refractivity contribution >= 4 is 15.8 Å². The van der Waals surface area contributed by atoms with E-state index in [1.807, 2.05) is 4.90 Å². The van der Waals surface area contributed by atoms with Crippen LogP contribution in [0.25, 0.3) is 0 Å². The van der Waals surface area contributed by atoms with Crippen molar-refractivity contribution in [1.29, 1.82) is 0 Å². The summed E-state index contributed by atoms with van der Waals surface area (Å²) in [5, 5.41) is 0. The summed E-state index contributed by atoms with van der Waals surface area (Å²) in [5.74, 6) is -0.00163. The van der Waals surface area contributed by atoms with Gasteiger partial charge in [0.15, 0.2) is 0 Å². The lowest BCUT2D eigenvalue weighted by atomic mass is 10.2. The van der Waals surface area contributed by atoms with E-state index in [0.717, 1.165) is 0 Å². The third kappa shape index (κ3) is 3.18. The molecule has 0 spiro atoms. The summed E-state index contributed by atoms with van der Waals surface area (Å²) in [6.45, 7) is 3.29. The smallest absolute Gasteiger partial charge is 0.246 e. The molecule has 0 N–H and O–H groups in total. The first kappa shape index (κ1) is 15.8. The maximum absolute atomic E-state index is 13.9. The Bertz CT molecular complexity index is 790. The number of hydrogen-bond donors (Lipinski definition) is 0. The van der Waals surface area contributed by atoms with Crippen LogP contribution >= 0.6 is 0 Å². The minimum Gasteiger partial charge on any atom is -0.353 e. The van der Waals surface area contributed by atoms with E-state index >= 15 is 0 Å². The summed E-state index contributed by atoms with van der Waals surface area (Å²) in [6, 6.07) is 4.12. The third-order valence-corrected chi connectivity index (χ3v) is 5.73. The van der Waals surface area contributed by atoms with Gasteiger partial charge in [0.05, 0.1) is 6.20 Å². The molecule has 3 rings (SSSR count). The summed E-state index contributed by atoms with van der Waals surface area (Å²) in [7, 11) is -3.83. The molecule has 0 saturated carbocycles. The van der Waals surface area contributed by atoms with E-state index in [2.05, 4.69) is 9.97 Å². The summed E-state index contributed by atoms with van der Waals surface area (Å²) in [4.78, 5) is 9.92. The molecule has 6 nitrogen and oxygen atoms in total.